The average Bonchev–Trinajstić information content (AvgIpc) is 2.92. The van der Waals surface area contributed by atoms with Crippen molar-refractivity contribution in [1.29, 1.82) is 0 Å². The Morgan fingerprint density at radius 2 is 2.25 bits per heavy atom. The molecular formula is C12H16N6O2. The summed E-state index contributed by atoms with van der Waals surface area (Å²) in [6.45, 7) is 3.76. The lowest BCUT2D eigenvalue weighted by Gasteiger charge is -2.09. The maximum atomic E-state index is 11.0. The fourth-order valence-corrected chi connectivity index (χ4v) is 1.73. The van der Waals surface area contributed by atoms with Crippen LogP contribution in [-0.4, -0.2) is 32.8 Å². The number of rotatable bonds is 7. The van der Waals surface area contributed by atoms with E-state index in [1.165, 1.54) is 6.07 Å². The summed E-state index contributed by atoms with van der Waals surface area (Å²) in [5.41, 5.74) is -0.0351. The van der Waals surface area contributed by atoms with E-state index in [1.807, 2.05) is 19.2 Å². The minimum atomic E-state index is -0.445. The first-order chi connectivity index (χ1) is 9.70. The van der Waals surface area contributed by atoms with Crippen molar-refractivity contribution in [2.75, 3.05) is 23.7 Å². The van der Waals surface area contributed by atoms with E-state index >= 15 is 0 Å². The summed E-state index contributed by atoms with van der Waals surface area (Å²) in [4.78, 5) is 14.7. The lowest BCUT2D eigenvalue weighted by Crippen LogP contribution is -2.13. The third kappa shape index (κ3) is 3.44. The molecule has 106 valence electrons. The van der Waals surface area contributed by atoms with Crippen molar-refractivity contribution in [2.24, 2.45) is 0 Å². The molecule has 0 atom stereocenters. The molecule has 2 aromatic rings. The van der Waals surface area contributed by atoms with Gasteiger partial charge in [0.05, 0.1) is 11.5 Å². The summed E-state index contributed by atoms with van der Waals surface area (Å²) >= 11 is 0. The summed E-state index contributed by atoms with van der Waals surface area (Å²) < 4.78 is 1.74. The molecule has 0 saturated heterocycles. The first-order valence-corrected chi connectivity index (χ1v) is 6.31. The third-order valence-corrected chi connectivity index (χ3v) is 2.62. The van der Waals surface area contributed by atoms with Crippen molar-refractivity contribution in [1.82, 2.24) is 14.8 Å². The van der Waals surface area contributed by atoms with Gasteiger partial charge in [-0.3, -0.25) is 14.8 Å². The van der Waals surface area contributed by atoms with Crippen LogP contribution in [0.15, 0.2) is 30.6 Å². The zero-order valence-electron chi connectivity index (χ0n) is 11.1. The molecule has 0 amide bonds. The van der Waals surface area contributed by atoms with E-state index in [-0.39, 0.29) is 11.5 Å². The van der Waals surface area contributed by atoms with E-state index in [1.54, 1.807) is 16.9 Å². The molecule has 0 radical (unpaired) electrons. The standard InChI is InChI=1S/C12H16N6O2/c1-2-13-11-5-4-10(18(19)20)12(16-11)14-7-9-17-8-3-6-15-17/h3-6,8H,2,7,9H2,1H3,(H2,13,14,16). The molecule has 0 aliphatic heterocycles. The van der Waals surface area contributed by atoms with Crippen molar-refractivity contribution >= 4 is 17.3 Å². The fraction of sp³-hybridized carbons (Fsp3) is 0.333. The molecule has 0 bridgehead atoms. The van der Waals surface area contributed by atoms with Gasteiger partial charge in [0.1, 0.15) is 5.82 Å². The highest BCUT2D eigenvalue weighted by Crippen LogP contribution is 2.23. The molecule has 0 unspecified atom stereocenters. The predicted molar refractivity (Wildman–Crippen MR) is 75.8 cm³/mol. The van der Waals surface area contributed by atoms with Crippen molar-refractivity contribution in [3.8, 4) is 0 Å². The zero-order valence-corrected chi connectivity index (χ0v) is 11.1. The number of nitrogens with zero attached hydrogens (tertiary/aromatic N) is 4. The summed E-state index contributed by atoms with van der Waals surface area (Å²) in [6, 6.07) is 4.87. The molecule has 20 heavy (non-hydrogen) atoms. The number of hydrogen-bond acceptors (Lipinski definition) is 6. The molecular weight excluding hydrogens is 260 g/mol. The van der Waals surface area contributed by atoms with Crippen LogP contribution in [0.4, 0.5) is 17.3 Å². The van der Waals surface area contributed by atoms with Gasteiger partial charge in [-0.05, 0) is 19.1 Å². The van der Waals surface area contributed by atoms with E-state index in [0.29, 0.717) is 25.5 Å². The quantitative estimate of drug-likeness (QED) is 0.590. The van der Waals surface area contributed by atoms with Crippen molar-refractivity contribution in [2.45, 2.75) is 13.5 Å². The number of nitro groups is 1. The summed E-state index contributed by atoms with van der Waals surface area (Å²) in [5, 5.41) is 21.0. The van der Waals surface area contributed by atoms with Gasteiger partial charge in [0.2, 0.25) is 5.82 Å². The normalized spacial score (nSPS) is 10.2. The molecule has 2 aromatic heterocycles. The number of pyridine rings is 1. The minimum absolute atomic E-state index is 0.0351. The summed E-state index contributed by atoms with van der Waals surface area (Å²) in [5.74, 6) is 0.875. The van der Waals surface area contributed by atoms with E-state index in [9.17, 15) is 10.1 Å². The van der Waals surface area contributed by atoms with Gasteiger partial charge in [0.25, 0.3) is 0 Å². The summed E-state index contributed by atoms with van der Waals surface area (Å²) in [7, 11) is 0. The van der Waals surface area contributed by atoms with E-state index < -0.39 is 4.92 Å². The molecule has 0 aliphatic carbocycles. The van der Waals surface area contributed by atoms with Crippen LogP contribution >= 0.6 is 0 Å². The second-order valence-corrected chi connectivity index (χ2v) is 4.05. The van der Waals surface area contributed by atoms with Crippen molar-refractivity contribution in [3.63, 3.8) is 0 Å². The van der Waals surface area contributed by atoms with Crippen LogP contribution in [0.1, 0.15) is 6.92 Å². The molecule has 0 aliphatic rings. The third-order valence-electron chi connectivity index (χ3n) is 2.62. The van der Waals surface area contributed by atoms with Crippen molar-refractivity contribution < 1.29 is 4.92 Å². The molecule has 2 heterocycles. The number of aromatic nitrogens is 3. The Kier molecular flexibility index (Phi) is 4.48. The Balaban J connectivity index is 2.06. The minimum Gasteiger partial charge on any atom is -0.370 e. The lowest BCUT2D eigenvalue weighted by atomic mass is 10.3. The van der Waals surface area contributed by atoms with Crippen LogP contribution in [0, 0.1) is 10.1 Å². The Morgan fingerprint density at radius 1 is 1.40 bits per heavy atom. The predicted octanol–water partition coefficient (Wildman–Crippen LogP) is 1.73. The fourth-order valence-electron chi connectivity index (χ4n) is 1.73. The smallest absolute Gasteiger partial charge is 0.311 e. The number of anilines is 2. The van der Waals surface area contributed by atoms with E-state index in [4.69, 9.17) is 0 Å². The van der Waals surface area contributed by atoms with Gasteiger partial charge in [-0.2, -0.15) is 5.10 Å². The van der Waals surface area contributed by atoms with Gasteiger partial charge in [0, 0.05) is 31.5 Å². The molecule has 2 rings (SSSR count). The van der Waals surface area contributed by atoms with Gasteiger partial charge >= 0.3 is 5.69 Å². The second kappa shape index (κ2) is 6.50. The topological polar surface area (TPSA) is 97.9 Å². The largest absolute Gasteiger partial charge is 0.370 e. The average molecular weight is 276 g/mol. The van der Waals surface area contributed by atoms with Crippen LogP contribution < -0.4 is 10.6 Å². The SMILES string of the molecule is CCNc1ccc([N+](=O)[O-])c(NCCn2cccn2)n1. The Bertz CT molecular complexity index is 569. The maximum absolute atomic E-state index is 11.0. The van der Waals surface area contributed by atoms with Crippen LogP contribution in [0.3, 0.4) is 0 Å². The molecule has 2 N–H and O–H groups in total. The highest BCUT2D eigenvalue weighted by Gasteiger charge is 2.15. The summed E-state index contributed by atoms with van der Waals surface area (Å²) in [6.07, 6.45) is 3.52. The van der Waals surface area contributed by atoms with Gasteiger partial charge in [-0.1, -0.05) is 0 Å². The molecule has 8 heteroatoms. The molecule has 0 spiro atoms. The van der Waals surface area contributed by atoms with Gasteiger partial charge in [-0.25, -0.2) is 4.98 Å². The first-order valence-electron chi connectivity index (χ1n) is 6.31. The van der Waals surface area contributed by atoms with Crippen LogP contribution in [-0.2, 0) is 6.54 Å². The van der Waals surface area contributed by atoms with E-state index in [0.717, 1.165) is 0 Å². The van der Waals surface area contributed by atoms with Crippen LogP contribution in [0.25, 0.3) is 0 Å². The number of hydrogen-bond donors (Lipinski definition) is 2. The molecule has 8 nitrogen and oxygen atoms in total. The highest BCUT2D eigenvalue weighted by molar-refractivity contribution is 5.60. The van der Waals surface area contributed by atoms with Gasteiger partial charge < -0.3 is 10.6 Å². The van der Waals surface area contributed by atoms with Crippen LogP contribution in [0.2, 0.25) is 0 Å². The monoisotopic (exact) mass is 276 g/mol. The Hall–Kier alpha value is -2.64. The Labute approximate surface area is 116 Å². The highest BCUT2D eigenvalue weighted by atomic mass is 16.6. The van der Waals surface area contributed by atoms with Crippen molar-refractivity contribution in [3.05, 3.63) is 40.7 Å². The maximum Gasteiger partial charge on any atom is 0.311 e. The molecule has 0 fully saturated rings. The Morgan fingerprint density at radius 3 is 2.90 bits per heavy atom. The molecule has 0 aromatic carbocycles. The second-order valence-electron chi connectivity index (χ2n) is 4.05. The van der Waals surface area contributed by atoms with Gasteiger partial charge in [-0.15, -0.1) is 0 Å². The molecule has 0 saturated carbocycles. The van der Waals surface area contributed by atoms with E-state index in [2.05, 4.69) is 20.7 Å². The van der Waals surface area contributed by atoms with Crippen LogP contribution in [0.5, 0.6) is 0 Å². The number of nitrogens with one attached hydrogen (secondary N) is 2. The first kappa shape index (κ1) is 13.8. The van der Waals surface area contributed by atoms with Gasteiger partial charge in [0.15, 0.2) is 0 Å². The lowest BCUT2D eigenvalue weighted by molar-refractivity contribution is -0.384. The zero-order chi connectivity index (χ0) is 14.4.